The van der Waals surface area contributed by atoms with E-state index in [0.717, 1.165) is 37.1 Å². The number of rotatable bonds is 2. The minimum Gasteiger partial charge on any atom is -0.389 e. The van der Waals surface area contributed by atoms with E-state index in [-0.39, 0.29) is 5.56 Å². The van der Waals surface area contributed by atoms with Gasteiger partial charge in [0.15, 0.2) is 0 Å². The molecule has 1 aliphatic heterocycles. The van der Waals surface area contributed by atoms with Gasteiger partial charge in [0.25, 0.3) is 5.56 Å². The Balaban J connectivity index is 2.27. The predicted molar refractivity (Wildman–Crippen MR) is 88.4 cm³/mol. The van der Waals surface area contributed by atoms with E-state index in [1.54, 1.807) is 18.5 Å². The quantitative estimate of drug-likeness (QED) is 0.924. The molecular formula is C17H23N3O2. The third kappa shape index (κ3) is 2.50. The van der Waals surface area contributed by atoms with Gasteiger partial charge in [0.2, 0.25) is 5.95 Å². The van der Waals surface area contributed by atoms with Crippen molar-refractivity contribution in [3.8, 4) is 0 Å². The van der Waals surface area contributed by atoms with Crippen molar-refractivity contribution in [2.45, 2.75) is 39.2 Å². The van der Waals surface area contributed by atoms with Gasteiger partial charge >= 0.3 is 0 Å². The van der Waals surface area contributed by atoms with Gasteiger partial charge in [0, 0.05) is 25.7 Å². The second-order valence-corrected chi connectivity index (χ2v) is 6.25. The number of fused-ring (bicyclic) bond motifs is 1. The summed E-state index contributed by atoms with van der Waals surface area (Å²) in [5, 5.41) is 10.6. The number of benzene rings is 1. The molecule has 0 bridgehead atoms. The zero-order valence-corrected chi connectivity index (χ0v) is 13.5. The van der Waals surface area contributed by atoms with Gasteiger partial charge in [0.05, 0.1) is 17.0 Å². The van der Waals surface area contributed by atoms with E-state index in [0.29, 0.717) is 16.9 Å². The number of anilines is 1. The normalized spacial score (nSPS) is 17.0. The zero-order chi connectivity index (χ0) is 15.9. The van der Waals surface area contributed by atoms with Gasteiger partial charge in [-0.2, -0.15) is 0 Å². The van der Waals surface area contributed by atoms with E-state index >= 15 is 0 Å². The first-order chi connectivity index (χ1) is 10.5. The Morgan fingerprint density at radius 1 is 1.23 bits per heavy atom. The molecule has 1 fully saturated rings. The Morgan fingerprint density at radius 2 is 1.91 bits per heavy atom. The van der Waals surface area contributed by atoms with E-state index in [9.17, 15) is 9.90 Å². The smallest absolute Gasteiger partial charge is 0.262 e. The zero-order valence-electron chi connectivity index (χ0n) is 13.5. The van der Waals surface area contributed by atoms with Crippen LogP contribution in [0.3, 0.4) is 0 Å². The molecule has 1 atom stereocenters. The molecule has 2 aromatic rings. The summed E-state index contributed by atoms with van der Waals surface area (Å²) in [6, 6.07) is 3.77. The number of aliphatic hydroxyl groups is 1. The molecule has 0 radical (unpaired) electrons. The number of aliphatic hydroxyl groups excluding tert-OH is 1. The third-order valence-electron chi connectivity index (χ3n) is 4.42. The highest BCUT2D eigenvalue weighted by molar-refractivity contribution is 5.83. The molecule has 1 aromatic heterocycles. The number of aryl methyl sites for hydroxylation is 1. The van der Waals surface area contributed by atoms with Crippen molar-refractivity contribution in [2.75, 3.05) is 18.0 Å². The van der Waals surface area contributed by atoms with Crippen LogP contribution < -0.4 is 10.5 Å². The van der Waals surface area contributed by atoms with Gasteiger partial charge in [-0.1, -0.05) is 6.07 Å². The van der Waals surface area contributed by atoms with E-state index in [1.807, 2.05) is 19.1 Å². The molecule has 5 heteroatoms. The van der Waals surface area contributed by atoms with Crippen LogP contribution in [0.15, 0.2) is 16.9 Å². The topological polar surface area (TPSA) is 58.4 Å². The summed E-state index contributed by atoms with van der Waals surface area (Å²) in [4.78, 5) is 19.7. The van der Waals surface area contributed by atoms with Crippen molar-refractivity contribution in [3.05, 3.63) is 33.6 Å². The van der Waals surface area contributed by atoms with Crippen LogP contribution in [-0.4, -0.2) is 27.7 Å². The van der Waals surface area contributed by atoms with Gasteiger partial charge in [-0.15, -0.1) is 0 Å². The minimum atomic E-state index is -0.642. The average Bonchev–Trinajstić information content (AvgIpc) is 2.51. The molecule has 1 unspecified atom stereocenters. The molecule has 2 heterocycles. The Morgan fingerprint density at radius 3 is 2.55 bits per heavy atom. The first kappa shape index (κ1) is 15.0. The van der Waals surface area contributed by atoms with Gasteiger partial charge in [-0.25, -0.2) is 4.98 Å². The van der Waals surface area contributed by atoms with Crippen molar-refractivity contribution in [2.24, 2.45) is 7.05 Å². The lowest BCUT2D eigenvalue weighted by Crippen LogP contribution is -2.35. The number of piperidine rings is 1. The molecule has 0 saturated carbocycles. The van der Waals surface area contributed by atoms with Crippen LogP contribution >= 0.6 is 0 Å². The Bertz CT molecular complexity index is 759. The average molecular weight is 301 g/mol. The van der Waals surface area contributed by atoms with E-state index < -0.39 is 6.10 Å². The summed E-state index contributed by atoms with van der Waals surface area (Å²) >= 11 is 0. The van der Waals surface area contributed by atoms with Crippen LogP contribution in [-0.2, 0) is 7.05 Å². The fourth-order valence-electron chi connectivity index (χ4n) is 3.24. The monoisotopic (exact) mass is 301 g/mol. The Kier molecular flexibility index (Phi) is 3.91. The fraction of sp³-hybridized carbons (Fsp3) is 0.529. The van der Waals surface area contributed by atoms with Crippen LogP contribution in [0.1, 0.15) is 43.4 Å². The highest BCUT2D eigenvalue weighted by atomic mass is 16.3. The van der Waals surface area contributed by atoms with Crippen LogP contribution in [0.2, 0.25) is 0 Å². The number of aromatic nitrogens is 2. The highest BCUT2D eigenvalue weighted by Crippen LogP contribution is 2.25. The van der Waals surface area contributed by atoms with Crippen molar-refractivity contribution in [1.82, 2.24) is 9.55 Å². The Hall–Kier alpha value is -1.88. The Labute approximate surface area is 130 Å². The molecule has 1 saturated heterocycles. The summed E-state index contributed by atoms with van der Waals surface area (Å²) in [5.41, 5.74) is 2.28. The number of hydrogen-bond acceptors (Lipinski definition) is 4. The molecule has 0 aliphatic carbocycles. The van der Waals surface area contributed by atoms with Gasteiger partial charge in [0.1, 0.15) is 0 Å². The summed E-state index contributed by atoms with van der Waals surface area (Å²) in [6.45, 7) is 5.51. The molecule has 0 amide bonds. The van der Waals surface area contributed by atoms with E-state index in [1.165, 1.54) is 6.42 Å². The second-order valence-electron chi connectivity index (χ2n) is 6.25. The van der Waals surface area contributed by atoms with Gasteiger partial charge in [-0.3, -0.25) is 9.36 Å². The van der Waals surface area contributed by atoms with Crippen LogP contribution in [0, 0.1) is 6.92 Å². The lowest BCUT2D eigenvalue weighted by Gasteiger charge is -2.29. The van der Waals surface area contributed by atoms with E-state index in [4.69, 9.17) is 4.98 Å². The first-order valence-electron chi connectivity index (χ1n) is 7.93. The van der Waals surface area contributed by atoms with E-state index in [2.05, 4.69) is 4.90 Å². The summed E-state index contributed by atoms with van der Waals surface area (Å²) in [6.07, 6.45) is 2.85. The summed E-state index contributed by atoms with van der Waals surface area (Å²) < 4.78 is 1.64. The molecule has 1 aliphatic rings. The molecule has 3 rings (SSSR count). The highest BCUT2D eigenvalue weighted by Gasteiger charge is 2.19. The second kappa shape index (κ2) is 5.72. The largest absolute Gasteiger partial charge is 0.389 e. The lowest BCUT2D eigenvalue weighted by molar-refractivity contribution is 0.200. The summed E-state index contributed by atoms with van der Waals surface area (Å²) in [5.74, 6) is 0.711. The van der Waals surface area contributed by atoms with Crippen molar-refractivity contribution < 1.29 is 5.11 Å². The molecule has 22 heavy (non-hydrogen) atoms. The maximum Gasteiger partial charge on any atom is 0.262 e. The maximum absolute atomic E-state index is 12.7. The molecule has 1 N–H and O–H groups in total. The van der Waals surface area contributed by atoms with Crippen LogP contribution in [0.25, 0.3) is 10.9 Å². The number of hydrogen-bond donors (Lipinski definition) is 1. The number of nitrogens with zero attached hydrogens (tertiary/aromatic N) is 3. The predicted octanol–water partition coefficient (Wildman–Crippen LogP) is 2.29. The fourth-order valence-corrected chi connectivity index (χ4v) is 3.24. The molecule has 118 valence electrons. The van der Waals surface area contributed by atoms with Gasteiger partial charge in [-0.05, 0) is 44.7 Å². The molecule has 0 spiro atoms. The lowest BCUT2D eigenvalue weighted by atomic mass is 10.0. The standard InChI is InChI=1S/C17H23N3O2/c1-11-9-13(12(2)21)15-14(10-11)16(22)19(3)17(18-15)20-7-5-4-6-8-20/h9-10,12,21H,4-8H2,1-3H3. The van der Waals surface area contributed by atoms with Crippen molar-refractivity contribution in [3.63, 3.8) is 0 Å². The van der Waals surface area contributed by atoms with Crippen molar-refractivity contribution in [1.29, 1.82) is 0 Å². The van der Waals surface area contributed by atoms with Crippen LogP contribution in [0.4, 0.5) is 5.95 Å². The molecule has 5 nitrogen and oxygen atoms in total. The summed E-state index contributed by atoms with van der Waals surface area (Å²) in [7, 11) is 1.78. The van der Waals surface area contributed by atoms with Crippen LogP contribution in [0.5, 0.6) is 0 Å². The SMILES string of the molecule is Cc1cc(C(C)O)c2nc(N3CCCCC3)n(C)c(=O)c2c1. The third-order valence-corrected chi connectivity index (χ3v) is 4.42. The molecular weight excluding hydrogens is 278 g/mol. The molecule has 1 aromatic carbocycles. The van der Waals surface area contributed by atoms with Crippen molar-refractivity contribution >= 4 is 16.9 Å². The van der Waals surface area contributed by atoms with Gasteiger partial charge < -0.3 is 10.0 Å². The maximum atomic E-state index is 12.7. The minimum absolute atomic E-state index is 0.0452. The first-order valence-corrected chi connectivity index (χ1v) is 7.93.